The first-order valence-electron chi connectivity index (χ1n) is 8.85. The van der Waals surface area contributed by atoms with Crippen LogP contribution in [0, 0.1) is 0 Å². The normalized spacial score (nSPS) is 10.7. The highest BCUT2D eigenvalue weighted by Gasteiger charge is 2.21. The fourth-order valence-corrected chi connectivity index (χ4v) is 4.44. The molecule has 4 heterocycles. The molecule has 0 unspecified atom stereocenters. The van der Waals surface area contributed by atoms with E-state index >= 15 is 0 Å². The highest BCUT2D eigenvalue weighted by Crippen LogP contribution is 2.37. The number of imidazole rings is 2. The van der Waals surface area contributed by atoms with E-state index in [1.54, 1.807) is 46.1 Å². The number of esters is 2. The molecule has 32 heavy (non-hydrogen) atoms. The van der Waals surface area contributed by atoms with E-state index in [-0.39, 0.29) is 11.4 Å². The van der Waals surface area contributed by atoms with Gasteiger partial charge in [-0.25, -0.2) is 39.5 Å². The molecule has 0 saturated carbocycles. The van der Waals surface area contributed by atoms with E-state index in [0.29, 0.717) is 22.2 Å². The van der Waals surface area contributed by atoms with Crippen LogP contribution in [0.1, 0.15) is 21.0 Å². The van der Waals surface area contributed by atoms with Gasteiger partial charge in [0.25, 0.3) is 0 Å². The van der Waals surface area contributed by atoms with Crippen LogP contribution in [0.15, 0.2) is 59.6 Å². The summed E-state index contributed by atoms with van der Waals surface area (Å²) in [7, 11) is 4.89. The molecule has 0 aliphatic rings. The standard InChI is InChI=1S/C18H14N8O4S2/c1-29-13(27)11-9-25(15-19-5-3-6-20-15)17(23-11)31-32-18-24-12(14(28)30-2)10-26(18)16-21-7-4-8-22-16/h3-10H,1-2H3. The molecule has 0 aliphatic carbocycles. The number of ether oxygens (including phenoxy) is 2. The van der Waals surface area contributed by atoms with Crippen molar-refractivity contribution in [3.63, 3.8) is 0 Å². The van der Waals surface area contributed by atoms with Crippen molar-refractivity contribution in [2.75, 3.05) is 14.2 Å². The monoisotopic (exact) mass is 470 g/mol. The van der Waals surface area contributed by atoms with Crippen molar-refractivity contribution in [1.29, 1.82) is 0 Å². The zero-order chi connectivity index (χ0) is 22.5. The molecule has 12 nitrogen and oxygen atoms in total. The molecule has 0 bridgehead atoms. The molecule has 0 aliphatic heterocycles. The van der Waals surface area contributed by atoms with E-state index in [2.05, 4.69) is 29.9 Å². The first-order chi connectivity index (χ1) is 15.6. The maximum absolute atomic E-state index is 12.0. The Hall–Kier alpha value is -3.78. The van der Waals surface area contributed by atoms with Crippen LogP contribution in [-0.4, -0.2) is 65.2 Å². The van der Waals surface area contributed by atoms with Gasteiger partial charge in [-0.3, -0.25) is 9.13 Å². The quantitative estimate of drug-likeness (QED) is 0.288. The summed E-state index contributed by atoms with van der Waals surface area (Å²) >= 11 is 0. The van der Waals surface area contributed by atoms with Gasteiger partial charge < -0.3 is 9.47 Å². The van der Waals surface area contributed by atoms with E-state index in [0.717, 1.165) is 0 Å². The molecule has 0 radical (unpaired) electrons. The number of nitrogens with zero attached hydrogens (tertiary/aromatic N) is 8. The van der Waals surface area contributed by atoms with Crippen molar-refractivity contribution >= 4 is 33.5 Å². The lowest BCUT2D eigenvalue weighted by atomic mass is 10.5. The van der Waals surface area contributed by atoms with Crippen LogP contribution in [0.2, 0.25) is 0 Å². The average molecular weight is 470 g/mol. The Kier molecular flexibility index (Phi) is 6.42. The van der Waals surface area contributed by atoms with Crippen molar-refractivity contribution in [2.45, 2.75) is 10.3 Å². The minimum absolute atomic E-state index is 0.0908. The molecule has 0 amide bonds. The molecule has 4 aromatic heterocycles. The van der Waals surface area contributed by atoms with Gasteiger partial charge in [0.15, 0.2) is 21.7 Å². The molecule has 162 valence electrons. The number of carbonyl (C=O) groups excluding carboxylic acids is 2. The van der Waals surface area contributed by atoms with Gasteiger partial charge in [-0.1, -0.05) is 0 Å². The molecule has 0 fully saturated rings. The summed E-state index contributed by atoms with van der Waals surface area (Å²) < 4.78 is 12.6. The fraction of sp³-hybridized carbons (Fsp3) is 0.111. The molecular formula is C18H14N8O4S2. The fourth-order valence-electron chi connectivity index (χ4n) is 2.44. The Morgan fingerprint density at radius 1 is 0.719 bits per heavy atom. The van der Waals surface area contributed by atoms with Crippen LogP contribution in [0.4, 0.5) is 0 Å². The van der Waals surface area contributed by atoms with Crippen LogP contribution in [0.5, 0.6) is 0 Å². The highest BCUT2D eigenvalue weighted by atomic mass is 33.1. The van der Waals surface area contributed by atoms with Crippen LogP contribution in [0.3, 0.4) is 0 Å². The lowest BCUT2D eigenvalue weighted by Gasteiger charge is -2.06. The lowest BCUT2D eigenvalue weighted by molar-refractivity contribution is 0.0585. The summed E-state index contributed by atoms with van der Waals surface area (Å²) in [6.45, 7) is 0. The second-order valence-electron chi connectivity index (χ2n) is 5.80. The van der Waals surface area contributed by atoms with Gasteiger partial charge in [0, 0.05) is 37.2 Å². The third kappa shape index (κ3) is 4.45. The lowest BCUT2D eigenvalue weighted by Crippen LogP contribution is -2.02. The molecule has 0 atom stereocenters. The van der Waals surface area contributed by atoms with E-state index < -0.39 is 11.9 Å². The molecule has 0 spiro atoms. The number of hydrogen-bond donors (Lipinski definition) is 0. The molecule has 4 rings (SSSR count). The van der Waals surface area contributed by atoms with Crippen molar-refractivity contribution < 1.29 is 19.1 Å². The minimum Gasteiger partial charge on any atom is -0.464 e. The van der Waals surface area contributed by atoms with Crippen molar-refractivity contribution in [2.24, 2.45) is 0 Å². The second kappa shape index (κ2) is 9.57. The Labute approximate surface area is 188 Å². The van der Waals surface area contributed by atoms with Gasteiger partial charge in [-0.05, 0) is 33.7 Å². The minimum atomic E-state index is -0.598. The maximum Gasteiger partial charge on any atom is 0.358 e. The molecule has 4 aromatic rings. The largest absolute Gasteiger partial charge is 0.464 e. The summed E-state index contributed by atoms with van der Waals surface area (Å²) in [5.41, 5.74) is 0.182. The topological polar surface area (TPSA) is 140 Å². The van der Waals surface area contributed by atoms with Crippen molar-refractivity contribution in [3.8, 4) is 11.9 Å². The van der Waals surface area contributed by atoms with Gasteiger partial charge >= 0.3 is 11.9 Å². The second-order valence-corrected chi connectivity index (χ2v) is 7.87. The molecule has 0 saturated heterocycles. The summed E-state index contributed by atoms with van der Waals surface area (Å²) in [5.74, 6) is -0.552. The third-order valence-electron chi connectivity index (χ3n) is 3.86. The summed E-state index contributed by atoms with van der Waals surface area (Å²) in [5, 5.41) is 0.787. The zero-order valence-electron chi connectivity index (χ0n) is 16.6. The number of methoxy groups -OCH3 is 2. The van der Waals surface area contributed by atoms with Crippen LogP contribution in [0.25, 0.3) is 11.9 Å². The van der Waals surface area contributed by atoms with Gasteiger partial charge in [-0.2, -0.15) is 0 Å². The Bertz CT molecular complexity index is 1150. The molecule has 0 N–H and O–H groups in total. The zero-order valence-corrected chi connectivity index (χ0v) is 18.3. The number of hydrogen-bond acceptors (Lipinski definition) is 12. The van der Waals surface area contributed by atoms with Gasteiger partial charge in [0.05, 0.1) is 14.2 Å². The first-order valence-corrected chi connectivity index (χ1v) is 11.0. The number of aromatic nitrogens is 8. The summed E-state index contributed by atoms with van der Waals surface area (Å²) in [4.78, 5) is 49.4. The maximum atomic E-state index is 12.0. The van der Waals surface area contributed by atoms with Crippen LogP contribution in [-0.2, 0) is 9.47 Å². The molecular weight excluding hydrogens is 456 g/mol. The average Bonchev–Trinajstić information content (AvgIpc) is 3.47. The van der Waals surface area contributed by atoms with Gasteiger partial charge in [0.2, 0.25) is 11.9 Å². The Balaban J connectivity index is 1.69. The predicted octanol–water partition coefficient (Wildman–Crippen LogP) is 2.01. The number of carbonyl (C=O) groups is 2. The molecule has 14 heteroatoms. The third-order valence-corrected chi connectivity index (χ3v) is 5.96. The van der Waals surface area contributed by atoms with Gasteiger partial charge in [0.1, 0.15) is 0 Å². The Morgan fingerprint density at radius 2 is 1.09 bits per heavy atom. The van der Waals surface area contributed by atoms with Crippen LogP contribution < -0.4 is 0 Å². The van der Waals surface area contributed by atoms with E-state index in [1.807, 2.05) is 0 Å². The summed E-state index contributed by atoms with van der Waals surface area (Å²) in [6, 6.07) is 3.35. The van der Waals surface area contributed by atoms with Gasteiger partial charge in [-0.15, -0.1) is 0 Å². The van der Waals surface area contributed by atoms with Crippen LogP contribution >= 0.6 is 21.6 Å². The SMILES string of the molecule is COC(=O)c1cn(-c2ncccn2)c(SSc2nc(C(=O)OC)cn2-c2ncccn2)n1. The predicted molar refractivity (Wildman–Crippen MR) is 113 cm³/mol. The molecule has 0 aromatic carbocycles. The Morgan fingerprint density at radius 3 is 1.44 bits per heavy atom. The first kappa shape index (κ1) is 21.5. The van der Waals surface area contributed by atoms with E-state index in [9.17, 15) is 9.59 Å². The van der Waals surface area contributed by atoms with E-state index in [4.69, 9.17) is 9.47 Å². The highest BCUT2D eigenvalue weighted by molar-refractivity contribution is 8.76. The smallest absolute Gasteiger partial charge is 0.358 e. The van der Waals surface area contributed by atoms with E-state index in [1.165, 1.54) is 48.2 Å². The summed E-state index contributed by atoms with van der Waals surface area (Å²) in [6.07, 6.45) is 9.26. The number of rotatable bonds is 7. The van der Waals surface area contributed by atoms with Crippen molar-refractivity contribution in [1.82, 2.24) is 39.0 Å². The van der Waals surface area contributed by atoms with Crippen molar-refractivity contribution in [3.05, 3.63) is 60.7 Å².